The molecule has 28 heavy (non-hydrogen) atoms. The average Bonchev–Trinajstić information content (AvgIpc) is 2.72. The van der Waals surface area contributed by atoms with E-state index < -0.39 is 33.5 Å². The second-order valence-corrected chi connectivity index (χ2v) is 9.84. The van der Waals surface area contributed by atoms with Crippen LogP contribution in [-0.4, -0.2) is 66.5 Å². The maximum Gasteiger partial charge on any atom is 0.500 e. The van der Waals surface area contributed by atoms with Gasteiger partial charge in [0.15, 0.2) is 6.10 Å². The molecule has 0 aliphatic carbocycles. The quantitative estimate of drug-likeness (QED) is 0.217. The predicted molar refractivity (Wildman–Crippen MR) is 107 cm³/mol. The summed E-state index contributed by atoms with van der Waals surface area (Å²) < 4.78 is 26.0. The molecule has 9 heteroatoms. The van der Waals surface area contributed by atoms with Gasteiger partial charge in [-0.25, -0.2) is 4.79 Å². The number of carbonyl (C=O) groups is 2. The Kier molecular flexibility index (Phi) is 15.3. The molecule has 0 bridgehead atoms. The molecule has 0 heterocycles. The summed E-state index contributed by atoms with van der Waals surface area (Å²) in [6.45, 7) is 4.05. The minimum atomic E-state index is -2.62. The highest BCUT2D eigenvalue weighted by atomic mass is 28.4. The van der Waals surface area contributed by atoms with E-state index in [4.69, 9.17) is 22.8 Å². The first-order valence-corrected chi connectivity index (χ1v) is 12.0. The molecule has 0 aromatic carbocycles. The molecule has 1 N–H and O–H groups in total. The zero-order valence-electron chi connectivity index (χ0n) is 18.0. The zero-order chi connectivity index (χ0) is 21.4. The third-order valence-electron chi connectivity index (χ3n) is 4.73. The van der Waals surface area contributed by atoms with Crippen LogP contribution < -0.4 is 0 Å². The van der Waals surface area contributed by atoms with Gasteiger partial charge in [-0.15, -0.1) is 0 Å². The first-order valence-electron chi connectivity index (χ1n) is 10.0. The van der Waals surface area contributed by atoms with Crippen molar-refractivity contribution in [3.05, 3.63) is 0 Å². The van der Waals surface area contributed by atoms with Crippen LogP contribution in [0.15, 0.2) is 0 Å². The van der Waals surface area contributed by atoms with Gasteiger partial charge in [-0.3, -0.25) is 4.79 Å². The van der Waals surface area contributed by atoms with Crippen molar-refractivity contribution in [3.63, 3.8) is 0 Å². The van der Waals surface area contributed by atoms with Crippen molar-refractivity contribution in [2.24, 2.45) is 5.92 Å². The fourth-order valence-electron chi connectivity index (χ4n) is 2.67. The molecule has 0 fully saturated rings. The largest absolute Gasteiger partial charge is 0.500 e. The Labute approximate surface area is 170 Å². The van der Waals surface area contributed by atoms with E-state index in [9.17, 15) is 14.7 Å². The Hall–Kier alpha value is -1.00. The van der Waals surface area contributed by atoms with Crippen LogP contribution in [0.1, 0.15) is 58.8 Å². The molecule has 0 aromatic heterocycles. The number of esters is 2. The van der Waals surface area contributed by atoms with Crippen molar-refractivity contribution in [2.45, 2.75) is 70.9 Å². The standard InChI is InChI=1S/C19H38O8Si/c1-6-8-11-16(7-2)14-27-19(22)17(20)15-26-18(21)12-9-10-13-28(23-3,24-4)25-5/h16-17,20H,6-15H2,1-5H3. The molecule has 0 saturated heterocycles. The summed E-state index contributed by atoms with van der Waals surface area (Å²) >= 11 is 0. The van der Waals surface area contributed by atoms with Gasteiger partial charge in [0, 0.05) is 33.8 Å². The highest BCUT2D eigenvalue weighted by Crippen LogP contribution is 2.17. The van der Waals surface area contributed by atoms with Gasteiger partial charge in [0.25, 0.3) is 0 Å². The summed E-state index contributed by atoms with van der Waals surface area (Å²) in [6.07, 6.45) is 4.05. The van der Waals surface area contributed by atoms with Gasteiger partial charge in [0.1, 0.15) is 6.61 Å². The van der Waals surface area contributed by atoms with Gasteiger partial charge in [-0.2, -0.15) is 0 Å². The molecule has 0 spiro atoms. The number of unbranched alkanes of at least 4 members (excludes halogenated alkanes) is 2. The van der Waals surface area contributed by atoms with E-state index in [0.717, 1.165) is 25.7 Å². The Morgan fingerprint density at radius 2 is 1.57 bits per heavy atom. The summed E-state index contributed by atoms with van der Waals surface area (Å²) in [5.41, 5.74) is 0. The van der Waals surface area contributed by atoms with Crippen molar-refractivity contribution in [1.29, 1.82) is 0 Å². The summed E-state index contributed by atoms with van der Waals surface area (Å²) in [6, 6.07) is 0.593. The van der Waals surface area contributed by atoms with Crippen molar-refractivity contribution in [3.8, 4) is 0 Å². The van der Waals surface area contributed by atoms with E-state index in [-0.39, 0.29) is 13.0 Å². The van der Waals surface area contributed by atoms with E-state index in [2.05, 4.69) is 6.92 Å². The molecule has 2 unspecified atom stereocenters. The highest BCUT2D eigenvalue weighted by molar-refractivity contribution is 6.60. The van der Waals surface area contributed by atoms with Gasteiger partial charge < -0.3 is 27.9 Å². The lowest BCUT2D eigenvalue weighted by Crippen LogP contribution is -2.42. The number of aliphatic hydroxyl groups excluding tert-OH is 1. The summed E-state index contributed by atoms with van der Waals surface area (Å²) in [5, 5.41) is 9.81. The maximum absolute atomic E-state index is 11.8. The smallest absolute Gasteiger partial charge is 0.463 e. The number of ether oxygens (including phenoxy) is 2. The first kappa shape index (κ1) is 27.0. The minimum absolute atomic E-state index is 0.179. The van der Waals surface area contributed by atoms with Gasteiger partial charge >= 0.3 is 20.7 Å². The predicted octanol–water partition coefficient (Wildman–Crippen LogP) is 2.70. The van der Waals surface area contributed by atoms with E-state index in [1.165, 1.54) is 0 Å². The van der Waals surface area contributed by atoms with E-state index in [1.807, 2.05) is 6.92 Å². The Morgan fingerprint density at radius 1 is 0.929 bits per heavy atom. The normalized spacial score (nSPS) is 13.8. The van der Waals surface area contributed by atoms with Crippen LogP contribution >= 0.6 is 0 Å². The lowest BCUT2D eigenvalue weighted by molar-refractivity contribution is -0.162. The van der Waals surface area contributed by atoms with Crippen LogP contribution in [0.3, 0.4) is 0 Å². The fraction of sp³-hybridized carbons (Fsp3) is 0.895. The van der Waals surface area contributed by atoms with Crippen LogP contribution in [0.5, 0.6) is 0 Å². The molecule has 166 valence electrons. The molecule has 0 rings (SSSR count). The molecular formula is C19H38O8Si. The van der Waals surface area contributed by atoms with Crippen LogP contribution in [0.25, 0.3) is 0 Å². The summed E-state index contributed by atoms with van der Waals surface area (Å²) in [4.78, 5) is 23.6. The van der Waals surface area contributed by atoms with E-state index in [1.54, 1.807) is 21.3 Å². The van der Waals surface area contributed by atoms with Crippen LogP contribution in [-0.2, 0) is 32.3 Å². The fourth-order valence-corrected chi connectivity index (χ4v) is 4.47. The Balaban J connectivity index is 4.02. The molecule has 0 aliphatic rings. The first-order chi connectivity index (χ1) is 13.4. The van der Waals surface area contributed by atoms with Crippen molar-refractivity contribution in [1.82, 2.24) is 0 Å². The van der Waals surface area contributed by atoms with Crippen molar-refractivity contribution < 1.29 is 37.4 Å². The van der Waals surface area contributed by atoms with E-state index in [0.29, 0.717) is 24.8 Å². The third-order valence-corrected chi connectivity index (χ3v) is 7.56. The number of aliphatic hydroxyl groups is 1. The molecule has 2 atom stereocenters. The van der Waals surface area contributed by atoms with Crippen LogP contribution in [0, 0.1) is 5.92 Å². The minimum Gasteiger partial charge on any atom is -0.463 e. The number of rotatable bonds is 17. The lowest BCUT2D eigenvalue weighted by atomic mass is 10.0. The zero-order valence-corrected chi connectivity index (χ0v) is 19.0. The van der Waals surface area contributed by atoms with Gasteiger partial charge in [-0.05, 0) is 25.2 Å². The Bertz CT molecular complexity index is 420. The molecule has 8 nitrogen and oxygen atoms in total. The molecule has 0 saturated carbocycles. The van der Waals surface area contributed by atoms with E-state index >= 15 is 0 Å². The van der Waals surface area contributed by atoms with Crippen molar-refractivity contribution in [2.75, 3.05) is 34.5 Å². The summed E-state index contributed by atoms with van der Waals surface area (Å²) in [7, 11) is 2.00. The lowest BCUT2D eigenvalue weighted by Gasteiger charge is -2.24. The number of hydrogen-bond acceptors (Lipinski definition) is 8. The second kappa shape index (κ2) is 15.9. The van der Waals surface area contributed by atoms with Crippen molar-refractivity contribution >= 4 is 20.7 Å². The van der Waals surface area contributed by atoms with Gasteiger partial charge in [0.05, 0.1) is 6.61 Å². The van der Waals surface area contributed by atoms with Crippen LogP contribution in [0.2, 0.25) is 6.04 Å². The SMILES string of the molecule is CCCCC(CC)COC(=O)C(O)COC(=O)CCCC[Si](OC)(OC)OC. The second-order valence-electron chi connectivity index (χ2n) is 6.75. The molecular weight excluding hydrogens is 384 g/mol. The highest BCUT2D eigenvalue weighted by Gasteiger charge is 2.36. The Morgan fingerprint density at radius 3 is 2.11 bits per heavy atom. The molecule has 0 radical (unpaired) electrons. The topological polar surface area (TPSA) is 101 Å². The average molecular weight is 423 g/mol. The van der Waals surface area contributed by atoms with Gasteiger partial charge in [0.2, 0.25) is 0 Å². The molecule has 0 aliphatic heterocycles. The molecule has 0 aromatic rings. The monoisotopic (exact) mass is 422 g/mol. The summed E-state index contributed by atoms with van der Waals surface area (Å²) in [5.74, 6) is -0.930. The van der Waals surface area contributed by atoms with Gasteiger partial charge in [-0.1, -0.05) is 33.1 Å². The third kappa shape index (κ3) is 11.1. The number of carbonyl (C=O) groups excluding carboxylic acids is 2. The molecule has 0 amide bonds. The maximum atomic E-state index is 11.8. The van der Waals surface area contributed by atoms with Crippen LogP contribution in [0.4, 0.5) is 0 Å². The number of hydrogen-bond donors (Lipinski definition) is 1.